The fourth-order valence-electron chi connectivity index (χ4n) is 7.08. The molecule has 0 aromatic heterocycles. The van der Waals surface area contributed by atoms with Gasteiger partial charge in [0.2, 0.25) is 0 Å². The molecule has 5 rings (SSSR count). The molecule has 3 heterocycles. The number of carbonyl (C=O) groups excluding carboxylic acids is 1. The number of alkyl halides is 1. The summed E-state index contributed by atoms with van der Waals surface area (Å²) in [5.74, 6) is 0.199. The number of hydrazine groups is 1. The number of likely N-dealkylation sites (N-methyl/N-ethyl adjacent to an activating group) is 1. The topological polar surface area (TPSA) is 92.3 Å². The summed E-state index contributed by atoms with van der Waals surface area (Å²) in [7, 11) is 5.28. The number of ketones is 1. The zero-order valence-electron chi connectivity index (χ0n) is 19.4. The lowest BCUT2D eigenvalue weighted by molar-refractivity contribution is -0.193. The standard InChI is InChI=1S/C22H36ClN3O5S/c1-9-6-11-14(17(26(3)25-11)21-24-10(2)8-32-21)19(27)22(9)20(28)15-12(29-4)7-13(30-5)16(23)18(15)31-22/h9-19,21,24-25,27H,6-8H2,1-5H3/t9-,10?,11?,12?,13?,14?,15?,16?,17?,18?,19?,21?,22+/m1/s1. The van der Waals surface area contributed by atoms with Crippen molar-refractivity contribution in [3.63, 3.8) is 0 Å². The zero-order valence-corrected chi connectivity index (χ0v) is 20.9. The molecule has 2 saturated carbocycles. The molecular weight excluding hydrogens is 454 g/mol. The number of hydrogen-bond donors (Lipinski definition) is 3. The monoisotopic (exact) mass is 489 g/mol. The predicted octanol–water partition coefficient (Wildman–Crippen LogP) is 0.606. The Balaban J connectivity index is 1.50. The molecule has 0 bridgehead atoms. The molecule has 2 aliphatic carbocycles. The molecule has 0 aromatic carbocycles. The van der Waals surface area contributed by atoms with Gasteiger partial charge >= 0.3 is 0 Å². The average Bonchev–Trinajstić information content (AvgIpc) is 3.42. The van der Waals surface area contributed by atoms with Crippen LogP contribution in [0.2, 0.25) is 0 Å². The summed E-state index contributed by atoms with van der Waals surface area (Å²) in [4.78, 5) is 14.1. The van der Waals surface area contributed by atoms with E-state index in [9.17, 15) is 9.90 Å². The number of Topliss-reactive ketones (excluding diaryl/α,β-unsaturated/α-hetero) is 1. The number of rotatable bonds is 3. The normalized spacial score (nSPS) is 56.0. The molecule has 3 aliphatic heterocycles. The molecule has 5 aliphatic rings. The molecule has 8 nitrogen and oxygen atoms in total. The van der Waals surface area contributed by atoms with Crippen LogP contribution in [-0.4, -0.2) is 102 Å². The highest BCUT2D eigenvalue weighted by Crippen LogP contribution is 2.54. The number of hydrogen-bond acceptors (Lipinski definition) is 9. The largest absolute Gasteiger partial charge is 0.389 e. The molecule has 0 radical (unpaired) electrons. The molecule has 11 unspecified atom stereocenters. The van der Waals surface area contributed by atoms with E-state index in [0.717, 1.165) is 12.2 Å². The van der Waals surface area contributed by atoms with E-state index in [4.69, 9.17) is 25.8 Å². The molecule has 10 heteroatoms. The van der Waals surface area contributed by atoms with Gasteiger partial charge in [0.1, 0.15) is 0 Å². The average molecular weight is 490 g/mol. The molecule has 0 amide bonds. The van der Waals surface area contributed by atoms with E-state index in [1.807, 2.05) is 25.7 Å². The number of thioether (sulfide) groups is 1. The quantitative estimate of drug-likeness (QED) is 0.493. The molecule has 13 atom stereocenters. The second-order valence-electron chi connectivity index (χ2n) is 10.3. The number of aliphatic hydroxyl groups is 1. The number of methoxy groups -OCH3 is 2. The highest BCUT2D eigenvalue weighted by molar-refractivity contribution is 8.00. The van der Waals surface area contributed by atoms with Gasteiger partial charge < -0.3 is 24.6 Å². The first kappa shape index (κ1) is 23.8. The molecule has 0 aromatic rings. The van der Waals surface area contributed by atoms with Crippen LogP contribution in [-0.2, 0) is 19.0 Å². The van der Waals surface area contributed by atoms with Crippen molar-refractivity contribution >= 4 is 29.1 Å². The first-order chi connectivity index (χ1) is 15.2. The summed E-state index contributed by atoms with van der Waals surface area (Å²) in [5.41, 5.74) is 2.29. The number of ether oxygens (including phenoxy) is 3. The maximum atomic E-state index is 14.1. The predicted molar refractivity (Wildman–Crippen MR) is 123 cm³/mol. The molecular formula is C22H36ClN3O5S. The Morgan fingerprint density at radius 1 is 1.25 bits per heavy atom. The number of carbonyl (C=O) groups is 1. The molecule has 1 spiro atoms. The van der Waals surface area contributed by atoms with Crippen molar-refractivity contribution in [2.45, 2.75) is 85.6 Å². The minimum atomic E-state index is -1.27. The van der Waals surface area contributed by atoms with E-state index < -0.39 is 29.1 Å². The molecule has 32 heavy (non-hydrogen) atoms. The van der Waals surface area contributed by atoms with E-state index in [0.29, 0.717) is 12.5 Å². The Kier molecular flexibility index (Phi) is 6.39. The highest BCUT2D eigenvalue weighted by atomic mass is 35.5. The van der Waals surface area contributed by atoms with Crippen molar-refractivity contribution < 1.29 is 24.1 Å². The minimum absolute atomic E-state index is 0.0464. The number of nitrogens with zero attached hydrogens (tertiary/aromatic N) is 1. The number of halogens is 1. The van der Waals surface area contributed by atoms with Crippen LogP contribution in [0.4, 0.5) is 0 Å². The van der Waals surface area contributed by atoms with Gasteiger partial charge in [-0.25, -0.2) is 5.01 Å². The van der Waals surface area contributed by atoms with E-state index in [1.54, 1.807) is 14.2 Å². The van der Waals surface area contributed by atoms with Crippen molar-refractivity contribution in [2.24, 2.45) is 17.8 Å². The van der Waals surface area contributed by atoms with Crippen molar-refractivity contribution in [3.05, 3.63) is 0 Å². The van der Waals surface area contributed by atoms with Gasteiger partial charge in [0.25, 0.3) is 0 Å². The fraction of sp³-hybridized carbons (Fsp3) is 0.955. The SMILES string of the molecule is COC1CC(OC)C2C(=O)[C@@]3(OC2C1Cl)C(O)C1C(C[C@H]3C)NN(C)C1C1NC(C)CS1. The van der Waals surface area contributed by atoms with Crippen LogP contribution < -0.4 is 10.7 Å². The Bertz CT molecular complexity index is 750. The van der Waals surface area contributed by atoms with Crippen molar-refractivity contribution in [3.8, 4) is 0 Å². The van der Waals surface area contributed by atoms with Crippen LogP contribution in [0.15, 0.2) is 0 Å². The first-order valence-corrected chi connectivity index (χ1v) is 13.2. The smallest absolute Gasteiger partial charge is 0.175 e. The number of fused-ring (bicyclic) bond motifs is 2. The van der Waals surface area contributed by atoms with Crippen molar-refractivity contribution in [2.75, 3.05) is 27.0 Å². The van der Waals surface area contributed by atoms with Gasteiger partial charge in [-0.3, -0.25) is 10.2 Å². The summed E-state index contributed by atoms with van der Waals surface area (Å²) in [5, 5.41) is 17.4. The van der Waals surface area contributed by atoms with Crippen LogP contribution in [0, 0.1) is 17.8 Å². The maximum Gasteiger partial charge on any atom is 0.175 e. The van der Waals surface area contributed by atoms with Gasteiger partial charge in [-0.1, -0.05) is 6.92 Å². The second-order valence-corrected chi connectivity index (χ2v) is 12.0. The van der Waals surface area contributed by atoms with E-state index in [2.05, 4.69) is 22.7 Å². The summed E-state index contributed by atoms with van der Waals surface area (Å²) in [6, 6.07) is 0.559. The number of aliphatic hydroxyl groups excluding tert-OH is 1. The van der Waals surface area contributed by atoms with E-state index in [-0.39, 0.29) is 47.3 Å². The van der Waals surface area contributed by atoms with Gasteiger partial charge in [0.05, 0.1) is 47.1 Å². The van der Waals surface area contributed by atoms with Crippen molar-refractivity contribution in [1.29, 1.82) is 0 Å². The lowest BCUT2D eigenvalue weighted by Crippen LogP contribution is -2.65. The Morgan fingerprint density at radius 2 is 1.97 bits per heavy atom. The van der Waals surface area contributed by atoms with Gasteiger partial charge in [-0.15, -0.1) is 23.4 Å². The third kappa shape index (κ3) is 3.27. The van der Waals surface area contributed by atoms with Gasteiger partial charge in [0, 0.05) is 51.4 Å². The second kappa shape index (κ2) is 8.60. The lowest BCUT2D eigenvalue weighted by atomic mass is 9.62. The van der Waals surface area contributed by atoms with Gasteiger partial charge in [-0.05, 0) is 19.3 Å². The lowest BCUT2D eigenvalue weighted by Gasteiger charge is -2.48. The van der Waals surface area contributed by atoms with Crippen LogP contribution in [0.3, 0.4) is 0 Å². The fourth-order valence-corrected chi connectivity index (χ4v) is 8.97. The molecule has 3 N–H and O–H groups in total. The van der Waals surface area contributed by atoms with Crippen LogP contribution >= 0.6 is 23.4 Å². The van der Waals surface area contributed by atoms with Gasteiger partial charge in [0.15, 0.2) is 11.4 Å². The van der Waals surface area contributed by atoms with Crippen LogP contribution in [0.5, 0.6) is 0 Å². The summed E-state index contributed by atoms with van der Waals surface area (Å²) >= 11 is 8.66. The minimum Gasteiger partial charge on any atom is -0.389 e. The van der Waals surface area contributed by atoms with Crippen LogP contribution in [0.25, 0.3) is 0 Å². The molecule has 5 fully saturated rings. The van der Waals surface area contributed by atoms with E-state index in [1.165, 1.54) is 0 Å². The van der Waals surface area contributed by atoms with Crippen molar-refractivity contribution in [1.82, 2.24) is 15.8 Å². The summed E-state index contributed by atoms with van der Waals surface area (Å²) < 4.78 is 17.9. The van der Waals surface area contributed by atoms with Gasteiger partial charge in [-0.2, -0.15) is 0 Å². The van der Waals surface area contributed by atoms with Crippen LogP contribution in [0.1, 0.15) is 26.7 Å². The number of nitrogens with one attached hydrogen (secondary N) is 2. The Hall–Kier alpha value is 0.0300. The summed E-state index contributed by atoms with van der Waals surface area (Å²) in [6.45, 7) is 4.20. The Labute approximate surface area is 199 Å². The zero-order chi connectivity index (χ0) is 22.9. The third-order valence-electron chi connectivity index (χ3n) is 8.62. The highest BCUT2D eigenvalue weighted by Gasteiger charge is 2.71. The third-order valence-corrected chi connectivity index (χ3v) is 10.6. The maximum absolute atomic E-state index is 14.1. The molecule has 182 valence electrons. The van der Waals surface area contributed by atoms with E-state index >= 15 is 0 Å². The summed E-state index contributed by atoms with van der Waals surface area (Å²) in [6.07, 6.45) is -0.779. The first-order valence-electron chi connectivity index (χ1n) is 11.7. The molecule has 3 saturated heterocycles. The Morgan fingerprint density at radius 3 is 2.59 bits per heavy atom.